The standard InChI is InChI=1S/C17H19N3O2/c1-12-6-7-14(13(2)9-12)10-20(3)11-16-18-17(19-22-16)15-5-4-8-21-15/h4-9H,10-11H2,1-3H3. The number of rotatable bonds is 5. The first kappa shape index (κ1) is 14.5. The van der Waals surface area contributed by atoms with E-state index in [0.29, 0.717) is 24.0 Å². The quantitative estimate of drug-likeness (QED) is 0.720. The van der Waals surface area contributed by atoms with E-state index in [1.54, 1.807) is 12.3 Å². The van der Waals surface area contributed by atoms with E-state index in [2.05, 4.69) is 47.1 Å². The van der Waals surface area contributed by atoms with Gasteiger partial charge in [-0.2, -0.15) is 4.98 Å². The zero-order chi connectivity index (χ0) is 15.5. The molecule has 2 aromatic heterocycles. The lowest BCUT2D eigenvalue weighted by molar-refractivity contribution is 0.260. The smallest absolute Gasteiger partial charge is 0.241 e. The van der Waals surface area contributed by atoms with E-state index >= 15 is 0 Å². The van der Waals surface area contributed by atoms with Crippen molar-refractivity contribution in [2.75, 3.05) is 7.05 Å². The van der Waals surface area contributed by atoms with Crippen LogP contribution in [-0.4, -0.2) is 22.1 Å². The summed E-state index contributed by atoms with van der Waals surface area (Å²) in [5.41, 5.74) is 3.89. The van der Waals surface area contributed by atoms with Crippen LogP contribution >= 0.6 is 0 Å². The molecule has 0 aliphatic rings. The number of furan rings is 1. The van der Waals surface area contributed by atoms with Gasteiger partial charge in [-0.05, 0) is 44.2 Å². The number of hydrogen-bond acceptors (Lipinski definition) is 5. The molecule has 0 unspecified atom stereocenters. The van der Waals surface area contributed by atoms with Crippen LogP contribution in [-0.2, 0) is 13.1 Å². The molecular formula is C17H19N3O2. The molecule has 0 amide bonds. The minimum absolute atomic E-state index is 0.486. The second-order valence-electron chi connectivity index (χ2n) is 5.59. The second kappa shape index (κ2) is 6.15. The van der Waals surface area contributed by atoms with Gasteiger partial charge in [0.2, 0.25) is 11.7 Å². The van der Waals surface area contributed by atoms with Crippen molar-refractivity contribution in [1.29, 1.82) is 0 Å². The van der Waals surface area contributed by atoms with E-state index in [1.165, 1.54) is 16.7 Å². The summed E-state index contributed by atoms with van der Waals surface area (Å²) in [5, 5.41) is 3.94. The van der Waals surface area contributed by atoms with E-state index in [0.717, 1.165) is 6.54 Å². The third-order valence-corrected chi connectivity index (χ3v) is 3.55. The van der Waals surface area contributed by atoms with Gasteiger partial charge in [0.05, 0.1) is 12.8 Å². The average Bonchev–Trinajstić information content (AvgIpc) is 3.12. The van der Waals surface area contributed by atoms with Crippen molar-refractivity contribution in [3.8, 4) is 11.6 Å². The Morgan fingerprint density at radius 1 is 1.14 bits per heavy atom. The first-order chi connectivity index (χ1) is 10.6. The number of aryl methyl sites for hydroxylation is 2. The molecule has 0 saturated carbocycles. The Kier molecular flexibility index (Phi) is 4.06. The third kappa shape index (κ3) is 3.26. The van der Waals surface area contributed by atoms with Gasteiger partial charge in [0.15, 0.2) is 5.76 Å². The monoisotopic (exact) mass is 297 g/mol. The van der Waals surface area contributed by atoms with Crippen molar-refractivity contribution in [2.24, 2.45) is 0 Å². The molecule has 2 heterocycles. The maximum Gasteiger partial charge on any atom is 0.241 e. The lowest BCUT2D eigenvalue weighted by Gasteiger charge is -2.16. The Hall–Kier alpha value is -2.40. The molecule has 0 aliphatic carbocycles. The van der Waals surface area contributed by atoms with Crippen molar-refractivity contribution in [3.63, 3.8) is 0 Å². The largest absolute Gasteiger partial charge is 0.461 e. The Morgan fingerprint density at radius 3 is 2.73 bits per heavy atom. The minimum Gasteiger partial charge on any atom is -0.461 e. The normalized spacial score (nSPS) is 11.3. The van der Waals surface area contributed by atoms with Gasteiger partial charge in [-0.15, -0.1) is 0 Å². The van der Waals surface area contributed by atoms with Gasteiger partial charge >= 0.3 is 0 Å². The van der Waals surface area contributed by atoms with Gasteiger partial charge in [-0.3, -0.25) is 4.90 Å². The van der Waals surface area contributed by atoms with Gasteiger partial charge in [-0.25, -0.2) is 0 Å². The molecule has 0 N–H and O–H groups in total. The van der Waals surface area contributed by atoms with Gasteiger partial charge < -0.3 is 8.94 Å². The molecule has 5 heteroatoms. The summed E-state index contributed by atoms with van der Waals surface area (Å²) < 4.78 is 10.5. The minimum atomic E-state index is 0.486. The first-order valence-electron chi connectivity index (χ1n) is 7.23. The molecule has 1 aromatic carbocycles. The zero-order valence-electron chi connectivity index (χ0n) is 13.0. The van der Waals surface area contributed by atoms with Crippen molar-refractivity contribution < 1.29 is 8.94 Å². The molecule has 3 rings (SSSR count). The SMILES string of the molecule is Cc1ccc(CN(C)Cc2nc(-c3ccco3)no2)c(C)c1. The van der Waals surface area contributed by atoms with Crippen LogP contribution in [0.4, 0.5) is 0 Å². The van der Waals surface area contributed by atoms with Crippen LogP contribution < -0.4 is 0 Å². The average molecular weight is 297 g/mol. The summed E-state index contributed by atoms with van der Waals surface area (Å²) >= 11 is 0. The van der Waals surface area contributed by atoms with Crippen LogP contribution in [0.1, 0.15) is 22.6 Å². The lowest BCUT2D eigenvalue weighted by atomic mass is 10.1. The van der Waals surface area contributed by atoms with Crippen LogP contribution in [0, 0.1) is 13.8 Å². The fraction of sp³-hybridized carbons (Fsp3) is 0.294. The highest BCUT2D eigenvalue weighted by atomic mass is 16.5. The molecule has 3 aromatic rings. The molecule has 0 atom stereocenters. The maximum atomic E-state index is 5.28. The maximum absolute atomic E-state index is 5.28. The van der Waals surface area contributed by atoms with E-state index in [9.17, 15) is 0 Å². The Labute approximate surface area is 129 Å². The topological polar surface area (TPSA) is 55.3 Å². The summed E-state index contributed by atoms with van der Waals surface area (Å²) in [6.07, 6.45) is 1.59. The van der Waals surface area contributed by atoms with Crippen LogP contribution in [0.15, 0.2) is 45.5 Å². The summed E-state index contributed by atoms with van der Waals surface area (Å²) in [7, 11) is 2.04. The Bertz CT molecular complexity index is 747. The highest BCUT2D eigenvalue weighted by Gasteiger charge is 2.13. The van der Waals surface area contributed by atoms with Crippen molar-refractivity contribution in [3.05, 3.63) is 59.2 Å². The predicted molar refractivity (Wildman–Crippen MR) is 83.1 cm³/mol. The summed E-state index contributed by atoms with van der Waals surface area (Å²) in [4.78, 5) is 6.51. The molecule has 0 spiro atoms. The van der Waals surface area contributed by atoms with Gasteiger partial charge in [0.1, 0.15) is 0 Å². The molecular weight excluding hydrogens is 278 g/mol. The highest BCUT2D eigenvalue weighted by molar-refractivity contribution is 5.44. The van der Waals surface area contributed by atoms with Crippen LogP contribution in [0.5, 0.6) is 0 Å². The molecule has 22 heavy (non-hydrogen) atoms. The first-order valence-corrected chi connectivity index (χ1v) is 7.23. The summed E-state index contributed by atoms with van der Waals surface area (Å²) in [5.74, 6) is 1.69. The molecule has 0 aliphatic heterocycles. The van der Waals surface area contributed by atoms with Crippen LogP contribution in [0.2, 0.25) is 0 Å². The van der Waals surface area contributed by atoms with E-state index < -0.39 is 0 Å². The second-order valence-corrected chi connectivity index (χ2v) is 5.59. The van der Waals surface area contributed by atoms with Crippen LogP contribution in [0.3, 0.4) is 0 Å². The van der Waals surface area contributed by atoms with E-state index in [4.69, 9.17) is 8.94 Å². The van der Waals surface area contributed by atoms with Gasteiger partial charge in [-0.1, -0.05) is 28.9 Å². The number of hydrogen-bond donors (Lipinski definition) is 0. The van der Waals surface area contributed by atoms with E-state index in [-0.39, 0.29) is 0 Å². The van der Waals surface area contributed by atoms with Crippen molar-refractivity contribution in [1.82, 2.24) is 15.0 Å². The number of nitrogens with zero attached hydrogens (tertiary/aromatic N) is 3. The zero-order valence-corrected chi connectivity index (χ0v) is 13.0. The molecule has 0 fully saturated rings. The molecule has 0 bridgehead atoms. The van der Waals surface area contributed by atoms with Gasteiger partial charge in [0.25, 0.3) is 0 Å². The molecule has 0 radical (unpaired) electrons. The fourth-order valence-corrected chi connectivity index (χ4v) is 2.43. The Balaban J connectivity index is 1.65. The molecule has 5 nitrogen and oxygen atoms in total. The molecule has 0 saturated heterocycles. The van der Waals surface area contributed by atoms with Crippen molar-refractivity contribution in [2.45, 2.75) is 26.9 Å². The van der Waals surface area contributed by atoms with E-state index in [1.807, 2.05) is 13.1 Å². The van der Waals surface area contributed by atoms with Crippen LogP contribution in [0.25, 0.3) is 11.6 Å². The summed E-state index contributed by atoms with van der Waals surface area (Å²) in [6, 6.07) is 10.1. The van der Waals surface area contributed by atoms with Gasteiger partial charge in [0, 0.05) is 6.54 Å². The Morgan fingerprint density at radius 2 is 2.00 bits per heavy atom. The summed E-state index contributed by atoms with van der Waals surface area (Å²) in [6.45, 7) is 5.68. The fourth-order valence-electron chi connectivity index (χ4n) is 2.43. The molecule has 114 valence electrons. The number of benzene rings is 1. The lowest BCUT2D eigenvalue weighted by Crippen LogP contribution is -2.18. The van der Waals surface area contributed by atoms with Crippen molar-refractivity contribution >= 4 is 0 Å². The number of aromatic nitrogens is 2. The third-order valence-electron chi connectivity index (χ3n) is 3.55. The highest BCUT2D eigenvalue weighted by Crippen LogP contribution is 2.17. The predicted octanol–water partition coefficient (Wildman–Crippen LogP) is 3.58.